The monoisotopic (exact) mass is 400 g/mol. The first-order valence-electron chi connectivity index (χ1n) is 8.46. The van der Waals surface area contributed by atoms with Gasteiger partial charge >= 0.3 is 8.60 Å². The first kappa shape index (κ1) is 19.6. The molecule has 0 radical (unpaired) electrons. The lowest BCUT2D eigenvalue weighted by Crippen LogP contribution is -2.02. The summed E-state index contributed by atoms with van der Waals surface area (Å²) in [7, 11) is 3.09. The molecule has 146 valence electrons. The zero-order valence-electron chi connectivity index (χ0n) is 15.8. The van der Waals surface area contributed by atoms with E-state index >= 15 is 0 Å². The van der Waals surface area contributed by atoms with Gasteiger partial charge in [-0.1, -0.05) is 0 Å². The predicted octanol–water partition coefficient (Wildman–Crippen LogP) is 5.48. The molecule has 7 heteroatoms. The molecule has 3 rings (SSSR count). The molecule has 0 aliphatic carbocycles. The van der Waals surface area contributed by atoms with Gasteiger partial charge in [-0.15, -0.1) is 0 Å². The highest BCUT2D eigenvalue weighted by Gasteiger charge is 2.20. The van der Waals surface area contributed by atoms with E-state index in [1.165, 1.54) is 0 Å². The lowest BCUT2D eigenvalue weighted by molar-refractivity contribution is 0.383. The lowest BCUT2D eigenvalue weighted by atomic mass is 10.3. The van der Waals surface area contributed by atoms with Crippen LogP contribution in [0.2, 0.25) is 0 Å². The van der Waals surface area contributed by atoms with E-state index in [1.54, 1.807) is 57.7 Å². The van der Waals surface area contributed by atoms with Crippen LogP contribution in [-0.4, -0.2) is 21.3 Å². The zero-order chi connectivity index (χ0) is 19.8. The normalized spacial score (nSPS) is 10.3. The summed E-state index contributed by atoms with van der Waals surface area (Å²) in [5.74, 6) is 4.04. The van der Waals surface area contributed by atoms with Crippen molar-refractivity contribution in [1.29, 1.82) is 0 Å². The van der Waals surface area contributed by atoms with Crippen LogP contribution in [0.15, 0.2) is 72.8 Å². The minimum absolute atomic E-state index is 0.605. The maximum atomic E-state index is 5.94. The minimum atomic E-state index is -1.75. The van der Waals surface area contributed by atoms with Crippen LogP contribution in [-0.2, 0) is 0 Å². The summed E-state index contributed by atoms with van der Waals surface area (Å²) in [5, 5.41) is 0. The topological polar surface area (TPSA) is 55.4 Å². The van der Waals surface area contributed by atoms with Gasteiger partial charge in [0, 0.05) is 0 Å². The Balaban J connectivity index is 1.76. The second kappa shape index (κ2) is 9.72. The molecule has 0 amide bonds. The van der Waals surface area contributed by atoms with Crippen molar-refractivity contribution in [3.63, 3.8) is 0 Å². The summed E-state index contributed by atoms with van der Waals surface area (Å²) in [6, 6.07) is 21.6. The molecule has 0 spiro atoms. The van der Waals surface area contributed by atoms with Crippen molar-refractivity contribution in [2.75, 3.05) is 21.3 Å². The number of methoxy groups -OCH3 is 3. The fraction of sp³-hybridized carbons (Fsp3) is 0.143. The van der Waals surface area contributed by atoms with Crippen molar-refractivity contribution < 1.29 is 27.8 Å². The summed E-state index contributed by atoms with van der Waals surface area (Å²) < 4.78 is 33.3. The van der Waals surface area contributed by atoms with E-state index in [4.69, 9.17) is 27.8 Å². The molecule has 0 unspecified atom stereocenters. The van der Waals surface area contributed by atoms with Gasteiger partial charge in [0.2, 0.25) is 0 Å². The Morgan fingerprint density at radius 1 is 0.393 bits per heavy atom. The third-order valence-electron chi connectivity index (χ3n) is 3.72. The molecule has 0 heterocycles. The SMILES string of the molecule is COc1ccc(OP(Oc2ccc(OC)cc2)Oc2ccc(OC)cc2)cc1. The van der Waals surface area contributed by atoms with Gasteiger partial charge in [0.25, 0.3) is 0 Å². The van der Waals surface area contributed by atoms with Crippen molar-refractivity contribution in [3.05, 3.63) is 72.8 Å². The second-order valence-corrected chi connectivity index (χ2v) is 6.52. The number of hydrogen-bond acceptors (Lipinski definition) is 6. The summed E-state index contributed by atoms with van der Waals surface area (Å²) in [6.45, 7) is 0. The third kappa shape index (κ3) is 5.44. The van der Waals surface area contributed by atoms with Crippen LogP contribution < -0.4 is 27.8 Å². The van der Waals surface area contributed by atoms with Gasteiger partial charge in [-0.25, -0.2) is 0 Å². The van der Waals surface area contributed by atoms with Crippen molar-refractivity contribution in [2.45, 2.75) is 0 Å². The first-order chi connectivity index (χ1) is 13.7. The molecule has 0 saturated carbocycles. The molecule has 0 aliphatic rings. The predicted molar refractivity (Wildman–Crippen MR) is 108 cm³/mol. The minimum Gasteiger partial charge on any atom is -0.497 e. The molecular formula is C21H21O6P. The van der Waals surface area contributed by atoms with Gasteiger partial charge in [-0.3, -0.25) is 0 Å². The van der Waals surface area contributed by atoms with E-state index in [9.17, 15) is 0 Å². The van der Waals surface area contributed by atoms with E-state index in [2.05, 4.69) is 0 Å². The summed E-state index contributed by atoms with van der Waals surface area (Å²) in [4.78, 5) is 0. The van der Waals surface area contributed by atoms with Crippen molar-refractivity contribution in [3.8, 4) is 34.5 Å². The number of hydrogen-bond donors (Lipinski definition) is 0. The molecule has 3 aromatic carbocycles. The maximum absolute atomic E-state index is 5.94. The van der Waals surface area contributed by atoms with Crippen LogP contribution in [0, 0.1) is 0 Å². The second-order valence-electron chi connectivity index (χ2n) is 5.52. The van der Waals surface area contributed by atoms with Crippen LogP contribution in [0.5, 0.6) is 34.5 Å². The highest BCUT2D eigenvalue weighted by Crippen LogP contribution is 2.43. The Kier molecular flexibility index (Phi) is 6.82. The van der Waals surface area contributed by atoms with Crippen LogP contribution in [0.1, 0.15) is 0 Å². The average Bonchev–Trinajstić information content (AvgIpc) is 2.75. The number of rotatable bonds is 9. The Morgan fingerprint density at radius 2 is 0.607 bits per heavy atom. The van der Waals surface area contributed by atoms with Gasteiger partial charge in [0.1, 0.15) is 34.5 Å². The smallest absolute Gasteiger partial charge is 0.497 e. The molecule has 6 nitrogen and oxygen atoms in total. The number of benzene rings is 3. The van der Waals surface area contributed by atoms with Gasteiger partial charge in [-0.05, 0) is 72.8 Å². The third-order valence-corrected chi connectivity index (χ3v) is 4.80. The highest BCUT2D eigenvalue weighted by molar-refractivity contribution is 7.43. The molecule has 0 bridgehead atoms. The summed E-state index contributed by atoms with van der Waals surface area (Å²) in [6.07, 6.45) is 0. The van der Waals surface area contributed by atoms with E-state index in [0.29, 0.717) is 17.2 Å². The zero-order valence-corrected chi connectivity index (χ0v) is 16.7. The Bertz CT molecular complexity index is 732. The maximum Gasteiger partial charge on any atom is 0.530 e. The molecule has 0 atom stereocenters. The largest absolute Gasteiger partial charge is 0.530 e. The Morgan fingerprint density at radius 3 is 0.821 bits per heavy atom. The fourth-order valence-corrected chi connectivity index (χ4v) is 3.22. The molecule has 0 aromatic heterocycles. The molecule has 0 saturated heterocycles. The van der Waals surface area contributed by atoms with E-state index in [0.717, 1.165) is 17.2 Å². The van der Waals surface area contributed by atoms with E-state index in [-0.39, 0.29) is 0 Å². The van der Waals surface area contributed by atoms with Crippen LogP contribution in [0.25, 0.3) is 0 Å². The lowest BCUT2D eigenvalue weighted by Gasteiger charge is -2.18. The quantitative estimate of drug-likeness (QED) is 0.444. The first-order valence-corrected chi connectivity index (χ1v) is 9.56. The molecule has 0 aliphatic heterocycles. The van der Waals surface area contributed by atoms with Crippen LogP contribution in [0.4, 0.5) is 0 Å². The van der Waals surface area contributed by atoms with Crippen molar-refractivity contribution >= 4 is 8.60 Å². The highest BCUT2D eigenvalue weighted by atomic mass is 31.2. The fourth-order valence-electron chi connectivity index (χ4n) is 2.22. The van der Waals surface area contributed by atoms with Gasteiger partial charge in [-0.2, -0.15) is 0 Å². The van der Waals surface area contributed by atoms with Gasteiger partial charge in [0.05, 0.1) is 21.3 Å². The van der Waals surface area contributed by atoms with E-state index in [1.807, 2.05) is 36.4 Å². The summed E-state index contributed by atoms with van der Waals surface area (Å²) >= 11 is 0. The molecular weight excluding hydrogens is 379 g/mol. The van der Waals surface area contributed by atoms with Crippen LogP contribution in [0.3, 0.4) is 0 Å². The molecule has 3 aromatic rings. The van der Waals surface area contributed by atoms with Crippen molar-refractivity contribution in [2.24, 2.45) is 0 Å². The Hall–Kier alpha value is -3.11. The Labute approximate surface area is 165 Å². The van der Waals surface area contributed by atoms with Crippen LogP contribution >= 0.6 is 8.60 Å². The van der Waals surface area contributed by atoms with Gasteiger partial charge in [0.15, 0.2) is 0 Å². The number of ether oxygens (including phenoxy) is 3. The molecule has 0 fully saturated rings. The average molecular weight is 400 g/mol. The molecule has 28 heavy (non-hydrogen) atoms. The molecule has 0 N–H and O–H groups in total. The van der Waals surface area contributed by atoms with Crippen molar-refractivity contribution in [1.82, 2.24) is 0 Å². The van der Waals surface area contributed by atoms with Gasteiger partial charge < -0.3 is 27.8 Å². The van der Waals surface area contributed by atoms with E-state index < -0.39 is 8.60 Å². The standard InChI is InChI=1S/C21H21O6P/c1-22-16-4-10-19(11-5-16)25-28(26-20-12-6-17(23-2)7-13-20)27-21-14-8-18(24-3)9-15-21/h4-15H,1-3H3. The summed E-state index contributed by atoms with van der Waals surface area (Å²) in [5.41, 5.74) is 0.